The van der Waals surface area contributed by atoms with E-state index in [0.717, 1.165) is 0 Å². The van der Waals surface area contributed by atoms with Gasteiger partial charge >= 0.3 is 0 Å². The van der Waals surface area contributed by atoms with Crippen LogP contribution in [0.4, 0.5) is 0 Å². The van der Waals surface area contributed by atoms with Crippen LogP contribution in [0.25, 0.3) is 0 Å². The largest absolute Gasteiger partial charge is 0.392 e. The highest BCUT2D eigenvalue weighted by Gasteiger charge is 2.14. The lowest BCUT2D eigenvalue weighted by atomic mass is 10.3. The van der Waals surface area contributed by atoms with E-state index in [1.807, 2.05) is 13.8 Å². The zero-order valence-electron chi connectivity index (χ0n) is 9.70. The van der Waals surface area contributed by atoms with Gasteiger partial charge in [0.05, 0.1) is 11.1 Å². The molecule has 0 spiro atoms. The Morgan fingerprint density at radius 2 is 2.19 bits per heavy atom. The average molecular weight is 245 g/mol. The summed E-state index contributed by atoms with van der Waals surface area (Å²) >= 11 is 5.87. The molecule has 0 fully saturated rings. The molecule has 0 aromatic carbocycles. The summed E-state index contributed by atoms with van der Waals surface area (Å²) in [5.41, 5.74) is 0.514. The van der Waals surface area contributed by atoms with Gasteiger partial charge in [0.15, 0.2) is 0 Å². The van der Waals surface area contributed by atoms with Crippen molar-refractivity contribution in [3.63, 3.8) is 0 Å². The second-order valence-electron chi connectivity index (χ2n) is 4.10. The molecule has 1 atom stereocenters. The molecular weight excluding hydrogens is 228 g/mol. The third-order valence-electron chi connectivity index (χ3n) is 2.16. The Hall–Kier alpha value is -1.00. The van der Waals surface area contributed by atoms with E-state index in [2.05, 4.69) is 5.32 Å². The van der Waals surface area contributed by atoms with Crippen LogP contribution in [0.3, 0.4) is 0 Å². The SMILES string of the molecule is CC(C)n1cc(Cl)cc1C(=O)NC[C@@H](C)O. The van der Waals surface area contributed by atoms with Gasteiger partial charge in [0.25, 0.3) is 5.91 Å². The molecule has 1 aromatic rings. The lowest BCUT2D eigenvalue weighted by Crippen LogP contribution is -2.32. The van der Waals surface area contributed by atoms with E-state index >= 15 is 0 Å². The van der Waals surface area contributed by atoms with E-state index in [1.54, 1.807) is 23.8 Å². The van der Waals surface area contributed by atoms with Crippen LogP contribution in [-0.2, 0) is 0 Å². The van der Waals surface area contributed by atoms with Crippen molar-refractivity contribution in [1.82, 2.24) is 9.88 Å². The van der Waals surface area contributed by atoms with Crippen molar-refractivity contribution < 1.29 is 9.90 Å². The maximum atomic E-state index is 11.8. The Morgan fingerprint density at radius 1 is 1.56 bits per heavy atom. The Balaban J connectivity index is 2.82. The maximum absolute atomic E-state index is 11.8. The van der Waals surface area contributed by atoms with Crippen molar-refractivity contribution >= 4 is 17.5 Å². The Labute approximate surface area is 100 Å². The number of nitrogens with one attached hydrogen (secondary N) is 1. The first kappa shape index (κ1) is 13.1. The molecule has 2 N–H and O–H groups in total. The van der Waals surface area contributed by atoms with Gasteiger partial charge in [-0.3, -0.25) is 4.79 Å². The average Bonchev–Trinajstić information content (AvgIpc) is 2.56. The Bertz CT molecular complexity index is 372. The standard InChI is InChI=1S/C11H17ClN2O2/c1-7(2)14-6-9(12)4-10(14)11(16)13-5-8(3)15/h4,6-8,15H,5H2,1-3H3,(H,13,16)/t8-/m1/s1. The monoisotopic (exact) mass is 244 g/mol. The molecule has 0 aliphatic heterocycles. The normalized spacial score (nSPS) is 12.9. The fourth-order valence-electron chi connectivity index (χ4n) is 1.39. The molecule has 1 rings (SSSR count). The van der Waals surface area contributed by atoms with Crippen LogP contribution < -0.4 is 5.32 Å². The molecule has 1 amide bonds. The fraction of sp³-hybridized carbons (Fsp3) is 0.545. The molecule has 0 aliphatic rings. The molecule has 0 bridgehead atoms. The number of hydrogen-bond donors (Lipinski definition) is 2. The van der Waals surface area contributed by atoms with Crippen molar-refractivity contribution in [3.05, 3.63) is 23.0 Å². The first-order valence-electron chi connectivity index (χ1n) is 5.25. The van der Waals surface area contributed by atoms with Crippen molar-refractivity contribution in [2.75, 3.05) is 6.54 Å². The quantitative estimate of drug-likeness (QED) is 0.849. The lowest BCUT2D eigenvalue weighted by Gasteiger charge is -2.13. The summed E-state index contributed by atoms with van der Waals surface area (Å²) < 4.78 is 1.81. The molecule has 1 heterocycles. The number of amides is 1. The molecule has 0 radical (unpaired) electrons. The molecule has 0 saturated carbocycles. The number of carbonyl (C=O) groups excluding carboxylic acids is 1. The van der Waals surface area contributed by atoms with Gasteiger partial charge < -0.3 is 15.0 Å². The smallest absolute Gasteiger partial charge is 0.268 e. The van der Waals surface area contributed by atoms with E-state index in [9.17, 15) is 4.79 Å². The molecule has 0 saturated heterocycles. The predicted octanol–water partition coefficient (Wildman–Crippen LogP) is 1.83. The van der Waals surface area contributed by atoms with Gasteiger partial charge in [0.1, 0.15) is 5.69 Å². The van der Waals surface area contributed by atoms with Crippen molar-refractivity contribution in [2.45, 2.75) is 32.9 Å². The molecule has 1 aromatic heterocycles. The lowest BCUT2D eigenvalue weighted by molar-refractivity contribution is 0.0913. The zero-order valence-corrected chi connectivity index (χ0v) is 10.5. The fourth-order valence-corrected chi connectivity index (χ4v) is 1.59. The van der Waals surface area contributed by atoms with Crippen LogP contribution in [0.15, 0.2) is 12.3 Å². The number of halogens is 1. The third-order valence-corrected chi connectivity index (χ3v) is 2.37. The second-order valence-corrected chi connectivity index (χ2v) is 4.54. The number of carbonyl (C=O) groups is 1. The number of aliphatic hydroxyl groups is 1. The number of hydrogen-bond acceptors (Lipinski definition) is 2. The molecule has 0 aliphatic carbocycles. The van der Waals surface area contributed by atoms with E-state index in [1.165, 1.54) is 0 Å². The second kappa shape index (κ2) is 5.37. The minimum atomic E-state index is -0.554. The highest BCUT2D eigenvalue weighted by molar-refractivity contribution is 6.31. The molecule has 5 heteroatoms. The highest BCUT2D eigenvalue weighted by atomic mass is 35.5. The van der Waals surface area contributed by atoms with Gasteiger partial charge in [-0.25, -0.2) is 0 Å². The van der Waals surface area contributed by atoms with Crippen LogP contribution in [0.1, 0.15) is 37.3 Å². The summed E-state index contributed by atoms with van der Waals surface area (Å²) in [7, 11) is 0. The van der Waals surface area contributed by atoms with Crippen molar-refractivity contribution in [3.8, 4) is 0 Å². The van der Waals surface area contributed by atoms with Crippen LogP contribution in [0, 0.1) is 0 Å². The van der Waals surface area contributed by atoms with Gasteiger partial charge in [0, 0.05) is 18.8 Å². The van der Waals surface area contributed by atoms with E-state index < -0.39 is 6.10 Å². The maximum Gasteiger partial charge on any atom is 0.268 e. The number of aliphatic hydroxyl groups excluding tert-OH is 1. The first-order chi connectivity index (χ1) is 7.41. The van der Waals surface area contributed by atoms with E-state index in [-0.39, 0.29) is 18.5 Å². The number of rotatable bonds is 4. The first-order valence-corrected chi connectivity index (χ1v) is 5.63. The Kier molecular flexibility index (Phi) is 4.38. The molecule has 0 unspecified atom stereocenters. The molecule has 16 heavy (non-hydrogen) atoms. The summed E-state index contributed by atoms with van der Waals surface area (Å²) in [5.74, 6) is -0.221. The summed E-state index contributed by atoms with van der Waals surface area (Å²) in [4.78, 5) is 11.8. The van der Waals surface area contributed by atoms with Crippen LogP contribution in [0.5, 0.6) is 0 Å². The Morgan fingerprint density at radius 3 is 2.69 bits per heavy atom. The molecular formula is C11H17ClN2O2. The van der Waals surface area contributed by atoms with Crippen LogP contribution in [-0.4, -0.2) is 28.2 Å². The summed E-state index contributed by atoms with van der Waals surface area (Å²) in [5, 5.41) is 12.3. The van der Waals surface area contributed by atoms with Crippen LogP contribution in [0.2, 0.25) is 5.02 Å². The number of aromatic nitrogens is 1. The predicted molar refractivity (Wildman–Crippen MR) is 63.8 cm³/mol. The van der Waals surface area contributed by atoms with Gasteiger partial charge in [-0.15, -0.1) is 0 Å². The van der Waals surface area contributed by atoms with E-state index in [4.69, 9.17) is 16.7 Å². The van der Waals surface area contributed by atoms with Crippen molar-refractivity contribution in [2.24, 2.45) is 0 Å². The van der Waals surface area contributed by atoms with E-state index in [0.29, 0.717) is 10.7 Å². The topological polar surface area (TPSA) is 54.3 Å². The summed E-state index contributed by atoms with van der Waals surface area (Å²) in [6.07, 6.45) is 1.17. The van der Waals surface area contributed by atoms with Crippen molar-refractivity contribution in [1.29, 1.82) is 0 Å². The molecule has 90 valence electrons. The highest BCUT2D eigenvalue weighted by Crippen LogP contribution is 2.18. The minimum absolute atomic E-state index is 0.166. The summed E-state index contributed by atoms with van der Waals surface area (Å²) in [6.45, 7) is 5.80. The molecule has 4 nitrogen and oxygen atoms in total. The third kappa shape index (κ3) is 3.25. The van der Waals surface area contributed by atoms with Gasteiger partial charge in [-0.05, 0) is 26.8 Å². The summed E-state index contributed by atoms with van der Waals surface area (Å²) in [6, 6.07) is 1.79. The van der Waals surface area contributed by atoms with Gasteiger partial charge in [-0.2, -0.15) is 0 Å². The van der Waals surface area contributed by atoms with Crippen LogP contribution >= 0.6 is 11.6 Å². The van der Waals surface area contributed by atoms with Gasteiger partial charge in [0.2, 0.25) is 0 Å². The number of nitrogens with zero attached hydrogens (tertiary/aromatic N) is 1. The minimum Gasteiger partial charge on any atom is -0.392 e. The zero-order chi connectivity index (χ0) is 12.3. The van der Waals surface area contributed by atoms with Gasteiger partial charge in [-0.1, -0.05) is 11.6 Å².